The quantitative estimate of drug-likeness (QED) is 0.630. The monoisotopic (exact) mass is 306 g/mol. The van der Waals surface area contributed by atoms with E-state index in [1.807, 2.05) is 0 Å². The summed E-state index contributed by atoms with van der Waals surface area (Å²) in [4.78, 5) is 35.4. The minimum atomic E-state index is -0.614. The average Bonchev–Trinajstić information content (AvgIpc) is 2.49. The van der Waals surface area contributed by atoms with Crippen LogP contribution in [0.3, 0.4) is 0 Å². The van der Waals surface area contributed by atoms with Crippen LogP contribution in [-0.4, -0.2) is 36.7 Å². The molecule has 0 spiro atoms. The molecule has 0 fully saturated rings. The van der Waals surface area contributed by atoms with E-state index in [2.05, 4.69) is 17.2 Å². The van der Waals surface area contributed by atoms with Crippen molar-refractivity contribution in [1.29, 1.82) is 0 Å². The summed E-state index contributed by atoms with van der Waals surface area (Å²) in [5.41, 5.74) is 0.870. The predicted molar refractivity (Wildman–Crippen MR) is 79.3 cm³/mol. The fourth-order valence-corrected chi connectivity index (χ4v) is 2.45. The maximum Gasteiger partial charge on any atom is 0.338 e. The van der Waals surface area contributed by atoms with E-state index in [0.29, 0.717) is 18.0 Å². The van der Waals surface area contributed by atoms with Gasteiger partial charge < -0.3 is 15.4 Å². The second-order valence-electron chi connectivity index (χ2n) is 4.22. The number of ether oxygens (including phenoxy) is 1. The predicted octanol–water partition coefficient (Wildman–Crippen LogP) is 1.19. The van der Waals surface area contributed by atoms with Crippen LogP contribution in [-0.2, 0) is 14.3 Å². The van der Waals surface area contributed by atoms with Crippen LogP contribution in [0.1, 0.15) is 10.4 Å². The molecule has 0 radical (unpaired) electrons. The number of rotatable bonds is 5. The number of carbonyl (C=O) groups is 3. The summed E-state index contributed by atoms with van der Waals surface area (Å²) in [5, 5.41) is 5.19. The third-order valence-electron chi connectivity index (χ3n) is 2.63. The maximum atomic E-state index is 11.8. The number of thioether (sulfide) groups is 1. The van der Waals surface area contributed by atoms with Crippen LogP contribution in [0.25, 0.3) is 0 Å². The highest BCUT2D eigenvalue weighted by atomic mass is 32.2. The van der Waals surface area contributed by atoms with Gasteiger partial charge in [-0.2, -0.15) is 0 Å². The van der Waals surface area contributed by atoms with E-state index in [-0.39, 0.29) is 18.1 Å². The Hall–Kier alpha value is -2.28. The minimum Gasteiger partial charge on any atom is -0.452 e. The molecule has 110 valence electrons. The van der Waals surface area contributed by atoms with Crippen LogP contribution in [0.4, 0.5) is 5.69 Å². The van der Waals surface area contributed by atoms with Crippen LogP contribution in [0.15, 0.2) is 35.7 Å². The normalized spacial score (nSPS) is 12.9. The zero-order valence-electron chi connectivity index (χ0n) is 11.2. The van der Waals surface area contributed by atoms with Crippen LogP contribution in [0.2, 0.25) is 0 Å². The van der Waals surface area contributed by atoms with Gasteiger partial charge >= 0.3 is 5.97 Å². The SMILES string of the molecule is C=CCNC(=O)COC(=O)c1ccc2c(c1)NC(=O)CS2. The van der Waals surface area contributed by atoms with Gasteiger partial charge in [-0.25, -0.2) is 4.79 Å². The number of anilines is 1. The van der Waals surface area contributed by atoms with Crippen LogP contribution in [0.5, 0.6) is 0 Å². The summed E-state index contributed by atoms with van der Waals surface area (Å²) < 4.78 is 4.90. The molecule has 21 heavy (non-hydrogen) atoms. The number of amides is 2. The van der Waals surface area contributed by atoms with Gasteiger partial charge in [0.15, 0.2) is 6.61 Å². The van der Waals surface area contributed by atoms with Gasteiger partial charge in [-0.05, 0) is 18.2 Å². The fraction of sp³-hybridized carbons (Fsp3) is 0.214. The Kier molecular flexibility index (Phi) is 4.99. The van der Waals surface area contributed by atoms with Crippen molar-refractivity contribution in [3.8, 4) is 0 Å². The Morgan fingerprint density at radius 2 is 2.29 bits per heavy atom. The fourth-order valence-electron chi connectivity index (χ4n) is 1.66. The van der Waals surface area contributed by atoms with Crippen molar-refractivity contribution in [2.24, 2.45) is 0 Å². The smallest absolute Gasteiger partial charge is 0.338 e. The van der Waals surface area contributed by atoms with Gasteiger partial charge in [0.05, 0.1) is 17.0 Å². The van der Waals surface area contributed by atoms with E-state index < -0.39 is 11.9 Å². The van der Waals surface area contributed by atoms with Gasteiger partial charge in [0, 0.05) is 11.4 Å². The van der Waals surface area contributed by atoms with E-state index in [9.17, 15) is 14.4 Å². The molecule has 0 bridgehead atoms. The summed E-state index contributed by atoms with van der Waals surface area (Å²) in [6.07, 6.45) is 1.53. The first kappa shape index (κ1) is 15.1. The lowest BCUT2D eigenvalue weighted by molar-refractivity contribution is -0.124. The van der Waals surface area contributed by atoms with Crippen molar-refractivity contribution in [3.05, 3.63) is 36.4 Å². The first-order valence-corrected chi connectivity index (χ1v) is 7.20. The van der Waals surface area contributed by atoms with E-state index in [1.54, 1.807) is 18.2 Å². The minimum absolute atomic E-state index is 0.109. The van der Waals surface area contributed by atoms with Crippen molar-refractivity contribution in [3.63, 3.8) is 0 Å². The maximum absolute atomic E-state index is 11.8. The first-order chi connectivity index (χ1) is 10.1. The second kappa shape index (κ2) is 6.94. The van der Waals surface area contributed by atoms with Gasteiger partial charge in [-0.1, -0.05) is 6.08 Å². The molecule has 0 unspecified atom stereocenters. The first-order valence-electron chi connectivity index (χ1n) is 6.21. The lowest BCUT2D eigenvalue weighted by atomic mass is 10.2. The Labute approximate surface area is 125 Å². The van der Waals surface area contributed by atoms with Crippen LogP contribution < -0.4 is 10.6 Å². The lowest BCUT2D eigenvalue weighted by Crippen LogP contribution is -2.28. The molecule has 1 heterocycles. The highest BCUT2D eigenvalue weighted by molar-refractivity contribution is 8.00. The van der Waals surface area contributed by atoms with Gasteiger partial charge in [-0.15, -0.1) is 18.3 Å². The standard InChI is InChI=1S/C14H14N2O4S/c1-2-5-15-12(17)7-20-14(19)9-3-4-11-10(6-9)16-13(18)8-21-11/h2-4,6H,1,5,7-8H2,(H,15,17)(H,16,18). The molecule has 1 aliphatic rings. The summed E-state index contributed by atoms with van der Waals surface area (Å²) in [6, 6.07) is 4.89. The second-order valence-corrected chi connectivity index (χ2v) is 5.23. The number of benzene rings is 1. The third-order valence-corrected chi connectivity index (χ3v) is 3.70. The van der Waals surface area contributed by atoms with E-state index in [0.717, 1.165) is 4.90 Å². The summed E-state index contributed by atoms with van der Waals surface area (Å²) in [5.74, 6) is -0.761. The highest BCUT2D eigenvalue weighted by Gasteiger charge is 2.18. The van der Waals surface area contributed by atoms with Crippen molar-refractivity contribution in [2.45, 2.75) is 4.90 Å². The molecule has 1 aromatic rings. The number of esters is 1. The number of hydrogen-bond acceptors (Lipinski definition) is 5. The number of hydrogen-bond donors (Lipinski definition) is 2. The Bertz CT molecular complexity index is 601. The number of nitrogens with one attached hydrogen (secondary N) is 2. The highest BCUT2D eigenvalue weighted by Crippen LogP contribution is 2.32. The Morgan fingerprint density at radius 3 is 3.05 bits per heavy atom. The van der Waals surface area contributed by atoms with Crippen molar-refractivity contribution in [1.82, 2.24) is 5.32 Å². The number of carbonyl (C=O) groups excluding carboxylic acids is 3. The van der Waals surface area contributed by atoms with Crippen molar-refractivity contribution >= 4 is 35.2 Å². The van der Waals surface area contributed by atoms with E-state index in [4.69, 9.17) is 4.74 Å². The Morgan fingerprint density at radius 1 is 1.48 bits per heavy atom. The summed E-state index contributed by atoms with van der Waals surface area (Å²) in [7, 11) is 0. The summed E-state index contributed by atoms with van der Waals surface area (Å²) in [6.45, 7) is 3.43. The molecule has 0 aliphatic carbocycles. The summed E-state index contributed by atoms with van der Waals surface area (Å²) >= 11 is 1.41. The zero-order chi connectivity index (χ0) is 15.2. The van der Waals surface area contributed by atoms with Gasteiger partial charge in [0.1, 0.15) is 0 Å². The lowest BCUT2D eigenvalue weighted by Gasteiger charge is -2.16. The largest absolute Gasteiger partial charge is 0.452 e. The van der Waals surface area contributed by atoms with Gasteiger partial charge in [-0.3, -0.25) is 9.59 Å². The van der Waals surface area contributed by atoms with Gasteiger partial charge in [0.25, 0.3) is 5.91 Å². The molecule has 7 heteroatoms. The van der Waals surface area contributed by atoms with Crippen molar-refractivity contribution < 1.29 is 19.1 Å². The third kappa shape index (κ3) is 4.09. The molecule has 0 atom stereocenters. The molecule has 2 rings (SSSR count). The zero-order valence-corrected chi connectivity index (χ0v) is 12.0. The molecular formula is C14H14N2O4S. The molecule has 0 saturated heterocycles. The topological polar surface area (TPSA) is 84.5 Å². The molecule has 1 aromatic carbocycles. The van der Waals surface area contributed by atoms with E-state index in [1.165, 1.54) is 17.8 Å². The number of fused-ring (bicyclic) bond motifs is 1. The molecule has 2 N–H and O–H groups in total. The molecule has 0 saturated carbocycles. The molecule has 0 aromatic heterocycles. The Balaban J connectivity index is 1.97. The molecule has 1 aliphatic heterocycles. The van der Waals surface area contributed by atoms with Crippen molar-refractivity contribution in [2.75, 3.05) is 24.2 Å². The molecule has 6 nitrogen and oxygen atoms in total. The van der Waals surface area contributed by atoms with E-state index >= 15 is 0 Å². The van der Waals surface area contributed by atoms with Crippen LogP contribution in [0, 0.1) is 0 Å². The average molecular weight is 306 g/mol. The van der Waals surface area contributed by atoms with Gasteiger partial charge in [0.2, 0.25) is 5.91 Å². The molecular weight excluding hydrogens is 292 g/mol. The van der Waals surface area contributed by atoms with Crippen LogP contribution >= 0.6 is 11.8 Å². The molecule has 2 amide bonds.